The number of aromatic hydroxyl groups is 1. The molecule has 802 valence electrons. The van der Waals surface area contributed by atoms with Crippen molar-refractivity contribution in [2.45, 2.75) is 298 Å². The number of nitrogens with two attached hydrogens (primary N) is 1. The fraction of sp³-hybridized carbons (Fsp3) is 0.459. The molecule has 0 saturated heterocycles. The topological polar surface area (TPSA) is 341 Å². The number of halogens is 11. The number of carbonyl (C=O) groups excluding carboxylic acids is 8. The number of amides is 1. The Morgan fingerprint density at radius 3 is 1.15 bits per heavy atom. The van der Waals surface area contributed by atoms with Crippen molar-refractivity contribution >= 4 is 155 Å². The first kappa shape index (κ1) is 145. The van der Waals surface area contributed by atoms with Crippen molar-refractivity contribution in [2.24, 2.45) is 0 Å². The SMILES string of the molecule is C.CC(C)(C)[O-].CCCC(=O)CC(=O)CCC.CCCC(=O)CC(=O)CCC.CCCC(=O)OCC.CCCC(C)=O.CCCCOc1ccc(Br)c(C(=O)Nc2ccccc2)c1F.CCCCOc1ccc(Br)c(C(=O)O)c1F.CCCCOc1ccc(Br)c(C=O)c1F.CCCCOc1ccc(Br)cc1F.CCCCOc1ccc2cc(CCC)oc(=O)c2c1F.Nc1ccccc1.Oc1ccc(Br)cc1F.[K+]. The van der Waals surface area contributed by atoms with Crippen LogP contribution in [0.25, 0.3) is 10.8 Å². The number of aromatic carboxylic acids is 1. The fourth-order valence-corrected chi connectivity index (χ4v) is 12.8. The minimum Gasteiger partial charge on any atom is -0.850 e. The summed E-state index contributed by atoms with van der Waals surface area (Å²) in [5, 5.41) is 30.8. The number of Topliss-reactive ketones (excluding diaryl/α,β-unsaturated/α-hetero) is 5. The molecule has 22 nitrogen and oxygen atoms in total. The molecule has 9 aromatic rings. The zero-order chi connectivity index (χ0) is 109. The Balaban J connectivity index is -0.000000502. The molecule has 0 aliphatic rings. The number of nitrogen functional groups attached to an aromatic ring is 1. The van der Waals surface area contributed by atoms with Gasteiger partial charge in [-0.05, 0) is 253 Å². The van der Waals surface area contributed by atoms with Gasteiger partial charge in [0.25, 0.3) is 5.91 Å². The average Bonchev–Trinajstić information content (AvgIpc) is 0.789. The monoisotopic (exact) mass is 2380 g/mol. The Morgan fingerprint density at radius 1 is 0.448 bits per heavy atom. The molecule has 0 fully saturated rings. The number of aryl methyl sites for hydroxylation is 1. The van der Waals surface area contributed by atoms with E-state index in [-0.39, 0.29) is 162 Å². The molecule has 0 radical (unpaired) electrons. The van der Waals surface area contributed by atoms with Gasteiger partial charge >= 0.3 is 68.9 Å². The Hall–Kier alpha value is -8.42. The third-order valence-corrected chi connectivity index (χ3v) is 20.8. The van der Waals surface area contributed by atoms with E-state index in [1.807, 2.05) is 119 Å². The number of carboxylic acids is 1. The number of rotatable bonds is 43. The molecular weight excluding hydrogens is 2230 g/mol. The van der Waals surface area contributed by atoms with E-state index in [0.29, 0.717) is 120 Å². The molecule has 0 atom stereocenters. The molecule has 8 aromatic carbocycles. The summed E-state index contributed by atoms with van der Waals surface area (Å²) in [6.45, 7) is 35.0. The van der Waals surface area contributed by atoms with E-state index < -0.39 is 57.8 Å². The summed E-state index contributed by atoms with van der Waals surface area (Å²) in [4.78, 5) is 110. The van der Waals surface area contributed by atoms with Gasteiger partial charge in [0.1, 0.15) is 45.6 Å². The molecule has 1 amide bonds. The number of esters is 1. The van der Waals surface area contributed by atoms with Crippen LogP contribution in [0.15, 0.2) is 183 Å². The minimum absolute atomic E-state index is 0. The molecule has 34 heteroatoms. The van der Waals surface area contributed by atoms with Gasteiger partial charge in [0.15, 0.2) is 75.7 Å². The second kappa shape index (κ2) is 89.6. The maximum Gasteiger partial charge on any atom is 1.00 e. The van der Waals surface area contributed by atoms with E-state index in [9.17, 15) is 79.4 Å². The van der Waals surface area contributed by atoms with E-state index in [1.165, 1.54) is 42.5 Å². The van der Waals surface area contributed by atoms with Crippen LogP contribution in [-0.2, 0) is 39.9 Å². The van der Waals surface area contributed by atoms with Crippen molar-refractivity contribution in [1.82, 2.24) is 0 Å². The Kier molecular flexibility index (Phi) is 89.6. The van der Waals surface area contributed by atoms with Crippen LogP contribution in [0.1, 0.15) is 322 Å². The van der Waals surface area contributed by atoms with Crippen LogP contribution in [0.5, 0.6) is 34.5 Å². The number of fused-ring (bicyclic) bond motifs is 1. The molecule has 0 unspecified atom stereocenters. The number of benzene rings is 8. The average molecular weight is 2390 g/mol. The van der Waals surface area contributed by atoms with Crippen molar-refractivity contribution in [2.75, 3.05) is 50.7 Å². The zero-order valence-corrected chi connectivity index (χ0v) is 97.7. The van der Waals surface area contributed by atoms with E-state index >= 15 is 0 Å². The summed E-state index contributed by atoms with van der Waals surface area (Å²) >= 11 is 15.5. The number of anilines is 2. The van der Waals surface area contributed by atoms with Gasteiger partial charge < -0.3 is 64.0 Å². The number of phenols is 1. The third kappa shape index (κ3) is 71.0. The van der Waals surface area contributed by atoms with Crippen LogP contribution < -0.4 is 96.9 Å². The quantitative estimate of drug-likeness (QED) is 0.00524. The van der Waals surface area contributed by atoms with Gasteiger partial charge in [0.05, 0.1) is 63.6 Å². The number of phenolic OH excluding ortho intramolecular Hbond substituents is 1. The first-order chi connectivity index (χ1) is 67.9. The number of carbonyl (C=O) groups is 9. The smallest absolute Gasteiger partial charge is 0.850 e. The van der Waals surface area contributed by atoms with Crippen molar-refractivity contribution in [3.05, 3.63) is 242 Å². The van der Waals surface area contributed by atoms with Crippen molar-refractivity contribution in [3.8, 4) is 34.5 Å². The predicted molar refractivity (Wildman–Crippen MR) is 581 cm³/mol. The second-order valence-corrected chi connectivity index (χ2v) is 36.7. The normalized spacial score (nSPS) is 9.86. The van der Waals surface area contributed by atoms with Crippen LogP contribution in [0, 0.1) is 34.9 Å². The molecular formula is C111H150Br5F6KN2O20. The number of unbranched alkanes of at least 4 members (excludes halogenated alkanes) is 5. The molecule has 0 spiro atoms. The molecule has 1 heterocycles. The molecule has 0 saturated carbocycles. The van der Waals surface area contributed by atoms with Crippen LogP contribution >= 0.6 is 79.6 Å². The molecule has 1 aromatic heterocycles. The summed E-state index contributed by atoms with van der Waals surface area (Å²) in [6.07, 6.45) is 20.3. The molecule has 0 aliphatic carbocycles. The van der Waals surface area contributed by atoms with E-state index in [0.717, 1.165) is 126 Å². The number of nitrogens with one attached hydrogen (secondary N) is 1. The molecule has 0 aliphatic heterocycles. The van der Waals surface area contributed by atoms with Crippen molar-refractivity contribution < 1.29 is 169 Å². The maximum absolute atomic E-state index is 14.5. The van der Waals surface area contributed by atoms with E-state index in [4.69, 9.17) is 44.0 Å². The van der Waals surface area contributed by atoms with Crippen LogP contribution in [-0.4, -0.2) is 109 Å². The first-order valence-corrected chi connectivity index (χ1v) is 52.1. The van der Waals surface area contributed by atoms with Crippen molar-refractivity contribution in [1.29, 1.82) is 0 Å². The van der Waals surface area contributed by atoms with Gasteiger partial charge in [-0.1, -0.05) is 218 Å². The molecule has 9 rings (SSSR count). The van der Waals surface area contributed by atoms with Crippen LogP contribution in [0.2, 0.25) is 0 Å². The second-order valence-electron chi connectivity index (χ2n) is 32.3. The number of para-hydroxylation sites is 2. The predicted octanol–water partition coefficient (Wildman–Crippen LogP) is 28.2. The Bertz CT molecular complexity index is 5130. The van der Waals surface area contributed by atoms with Crippen LogP contribution in [0.4, 0.5) is 37.7 Å². The van der Waals surface area contributed by atoms with Crippen molar-refractivity contribution in [3.63, 3.8) is 0 Å². The third-order valence-electron chi connectivity index (χ3n) is 17.8. The number of carboxylic acid groups (broad SMARTS) is 1. The maximum atomic E-state index is 14.5. The Labute approximate surface area is 939 Å². The molecule has 5 N–H and O–H groups in total. The number of ether oxygens (including phenoxy) is 6. The summed E-state index contributed by atoms with van der Waals surface area (Å²) in [5.41, 5.74) is 4.95. The van der Waals surface area contributed by atoms with Gasteiger partial charge in [-0.3, -0.25) is 33.6 Å². The zero-order valence-electron chi connectivity index (χ0n) is 86.6. The number of ketones is 5. The standard InChI is InChI=1S/C17H17BrFNO2.C16H19FO3.C11H12BrFO3.C11H12BrFO2.C10H12BrFO.2C9H16O2.C6H4BrFO.C6H7N.C6H12O2.C5H10O.C4H9O.CH4.K/c1-2-3-11-22-14-10-9-13(18)15(16(14)19)17(21)20-12-7-5-4-6-8-12;1-3-5-9-19-13-8-7-11-10-12(6-4-2)20-16(18)14(11)15(13)17;1-2-3-6-16-8-5-4-7(12)9(10(8)13)11(14)15;1-2-3-6-15-10-5-4-9(12)8(7-14)11(10)13;1-2-3-6-13-10-5-4-8(11)7-9(10)12;2*1-3-5-8(10)7-9(11)6-4-2;7-4-1-2-6(9)5(8)3-4;7-6-4-2-1-3-5-6;1-3-5-6(7)8-4-2;1-3-4-5(2)6;1-4(2,3)5;;/h4-10H,2-3,11H2,1H3,(H,20,21);7-8,10H,3-6,9H2,1-2H3;4-5H,2-3,6H2,1H3,(H,14,15);4-5,7H,2-3,6H2,1H3;4-5,7H,2-3,6H2,1H3;2*3-7H2,1-2H3;1-3,9H;1-5H,7H2;3-5H2,1-2H3;3-4H2,1-2H3;1-3H3;1H4;/q;;;;;;;;;;;-1;;+1. The number of hydrogen-bond acceptors (Lipinski definition) is 20. The first-order valence-electron chi connectivity index (χ1n) is 48.1. The summed E-state index contributed by atoms with van der Waals surface area (Å²) in [7, 11) is 0. The van der Waals surface area contributed by atoms with Gasteiger partial charge in [-0.25, -0.2) is 35.9 Å². The summed E-state index contributed by atoms with van der Waals surface area (Å²) in [5.74, 6) is -4.00. The molecule has 0 bridgehead atoms. The fourth-order valence-electron chi connectivity index (χ4n) is 10.8. The molecule has 145 heavy (non-hydrogen) atoms. The van der Waals surface area contributed by atoms with Gasteiger partial charge in [-0.15, -0.1) is 5.60 Å². The Morgan fingerprint density at radius 2 is 0.807 bits per heavy atom. The van der Waals surface area contributed by atoms with Gasteiger partial charge in [0.2, 0.25) is 0 Å². The van der Waals surface area contributed by atoms with Gasteiger partial charge in [0, 0.05) is 78.7 Å². The van der Waals surface area contributed by atoms with Gasteiger partial charge in [-0.2, -0.15) is 0 Å². The summed E-state index contributed by atoms with van der Waals surface area (Å²) < 4.78 is 120. The van der Waals surface area contributed by atoms with Crippen LogP contribution in [0.3, 0.4) is 0 Å². The number of hydrogen-bond donors (Lipinski definition) is 4. The van der Waals surface area contributed by atoms with E-state index in [2.05, 4.69) is 96.6 Å². The number of aldehydes is 1. The largest absolute Gasteiger partial charge is 1.00 e. The minimum atomic E-state index is -1.31. The summed E-state index contributed by atoms with van der Waals surface area (Å²) in [6, 6.07) is 41.4. The van der Waals surface area contributed by atoms with E-state index in [1.54, 1.807) is 100 Å².